The summed E-state index contributed by atoms with van der Waals surface area (Å²) >= 11 is 0. The van der Waals surface area contributed by atoms with Crippen molar-refractivity contribution >= 4 is 33.1 Å². The first kappa shape index (κ1) is 23.2. The number of nitro benzene ring substituents is 1. The predicted octanol–water partition coefficient (Wildman–Crippen LogP) is 2.79. The third-order valence-electron chi connectivity index (χ3n) is 3.81. The fraction of sp³-hybridized carbons (Fsp3) is 0.158. The summed E-state index contributed by atoms with van der Waals surface area (Å²) in [7, 11) is -3.07. The van der Waals surface area contributed by atoms with E-state index in [-0.39, 0.29) is 29.3 Å². The van der Waals surface area contributed by atoms with Crippen molar-refractivity contribution in [2.24, 2.45) is 0 Å². The Balaban J connectivity index is 2.40. The summed E-state index contributed by atoms with van der Waals surface area (Å²) < 4.78 is 37.9. The average Bonchev–Trinajstić information content (AvgIpc) is 2.74. The first-order valence-electron chi connectivity index (χ1n) is 8.71. The second-order valence-electron chi connectivity index (χ2n) is 5.78. The number of benzene rings is 2. The molecular formula is C19H18N4O7S. The molecule has 0 aliphatic heterocycles. The van der Waals surface area contributed by atoms with Crippen LogP contribution in [0.4, 0.5) is 17.1 Å². The molecule has 0 aliphatic carbocycles. The Bertz CT molecular complexity index is 1170. The number of carbonyl (C=O) groups excluding carboxylic acids is 1. The molecule has 0 atom stereocenters. The van der Waals surface area contributed by atoms with E-state index in [1.54, 1.807) is 25.1 Å². The summed E-state index contributed by atoms with van der Waals surface area (Å²) in [6.45, 7) is 1.67. The van der Waals surface area contributed by atoms with E-state index in [2.05, 4.69) is 10.0 Å². The molecule has 0 saturated carbocycles. The molecule has 12 heteroatoms. The van der Waals surface area contributed by atoms with Gasteiger partial charge in [-0.05, 0) is 25.1 Å². The number of sulfonamides is 1. The number of anilines is 2. The van der Waals surface area contributed by atoms with E-state index in [4.69, 9.17) is 14.7 Å². The van der Waals surface area contributed by atoms with Crippen LogP contribution in [0.1, 0.15) is 6.92 Å². The number of nitro groups is 1. The van der Waals surface area contributed by atoms with Gasteiger partial charge in [0.05, 0.1) is 30.0 Å². The maximum Gasteiger partial charge on any atom is 0.350 e. The van der Waals surface area contributed by atoms with Gasteiger partial charge in [-0.1, -0.05) is 12.1 Å². The zero-order valence-corrected chi connectivity index (χ0v) is 17.3. The Kier molecular flexibility index (Phi) is 7.53. The smallest absolute Gasteiger partial charge is 0.350 e. The number of hydrogen-bond acceptors (Lipinski definition) is 9. The van der Waals surface area contributed by atoms with Crippen LogP contribution >= 0.6 is 0 Å². The Morgan fingerprint density at radius 1 is 1.26 bits per heavy atom. The van der Waals surface area contributed by atoms with E-state index in [0.717, 1.165) is 18.3 Å². The first-order valence-corrected chi connectivity index (χ1v) is 10.2. The van der Waals surface area contributed by atoms with Gasteiger partial charge in [0, 0.05) is 18.3 Å². The van der Waals surface area contributed by atoms with Crippen molar-refractivity contribution < 1.29 is 27.6 Å². The molecule has 11 nitrogen and oxygen atoms in total. The number of ether oxygens (including phenoxy) is 2. The summed E-state index contributed by atoms with van der Waals surface area (Å²) in [5.41, 5.74) is -0.468. The van der Waals surface area contributed by atoms with Gasteiger partial charge in [0.25, 0.3) is 15.7 Å². The largest absolute Gasteiger partial charge is 0.495 e. The number of esters is 1. The van der Waals surface area contributed by atoms with Crippen LogP contribution in [0.2, 0.25) is 0 Å². The Labute approximate surface area is 178 Å². The van der Waals surface area contributed by atoms with E-state index < -0.39 is 31.5 Å². The number of nitriles is 1. The normalized spacial score (nSPS) is 11.2. The van der Waals surface area contributed by atoms with Gasteiger partial charge in [-0.3, -0.25) is 14.8 Å². The van der Waals surface area contributed by atoms with Gasteiger partial charge in [-0.15, -0.1) is 0 Å². The number of nitrogens with one attached hydrogen (secondary N) is 2. The Morgan fingerprint density at radius 3 is 2.52 bits per heavy atom. The minimum absolute atomic E-state index is 0.0634. The topological polar surface area (TPSA) is 161 Å². The van der Waals surface area contributed by atoms with Crippen LogP contribution in [-0.4, -0.2) is 33.0 Å². The molecule has 31 heavy (non-hydrogen) atoms. The summed E-state index contributed by atoms with van der Waals surface area (Å²) in [6, 6.07) is 10.9. The minimum Gasteiger partial charge on any atom is -0.495 e. The van der Waals surface area contributed by atoms with Crippen molar-refractivity contribution in [2.75, 3.05) is 23.8 Å². The second-order valence-corrected chi connectivity index (χ2v) is 7.43. The van der Waals surface area contributed by atoms with E-state index in [1.165, 1.54) is 25.3 Å². The van der Waals surface area contributed by atoms with Crippen LogP contribution in [0.25, 0.3) is 0 Å². The lowest BCUT2D eigenvalue weighted by Gasteiger charge is -2.14. The summed E-state index contributed by atoms with van der Waals surface area (Å²) in [5.74, 6) is -0.922. The van der Waals surface area contributed by atoms with Gasteiger partial charge in [0.15, 0.2) is 5.57 Å². The number of non-ortho nitro benzene ring substituents is 1. The highest BCUT2D eigenvalue weighted by Gasteiger charge is 2.24. The highest BCUT2D eigenvalue weighted by Crippen LogP contribution is 2.31. The molecule has 2 aromatic carbocycles. The molecule has 0 saturated heterocycles. The number of carbonyl (C=O) groups is 1. The SMILES string of the molecule is CCOC(=O)/C(C#N)=C\Nc1ccccc1NS(=O)(=O)c1cc([N+](=O)[O-])ccc1OC. The highest BCUT2D eigenvalue weighted by molar-refractivity contribution is 7.92. The quantitative estimate of drug-likeness (QED) is 0.194. The number of para-hydroxylation sites is 2. The monoisotopic (exact) mass is 446 g/mol. The summed E-state index contributed by atoms with van der Waals surface area (Å²) in [4.78, 5) is 21.6. The van der Waals surface area contributed by atoms with Crippen molar-refractivity contribution in [3.8, 4) is 11.8 Å². The molecule has 2 rings (SSSR count). The standard InChI is InChI=1S/C19H18N4O7S/c1-3-30-19(24)13(11-20)12-21-15-6-4-5-7-16(15)22-31(27,28)18-10-14(23(25)26)8-9-17(18)29-2/h4-10,12,21-22H,3H2,1-2H3/b13-12-. The minimum atomic E-state index is -4.30. The van der Waals surface area contributed by atoms with Crippen molar-refractivity contribution in [3.05, 3.63) is 64.4 Å². The summed E-state index contributed by atoms with van der Waals surface area (Å²) in [5, 5.41) is 22.8. The van der Waals surface area contributed by atoms with E-state index in [1.807, 2.05) is 0 Å². The molecule has 0 heterocycles. The molecule has 0 unspecified atom stereocenters. The molecule has 0 aliphatic rings. The Morgan fingerprint density at radius 2 is 1.94 bits per heavy atom. The fourth-order valence-corrected chi connectivity index (χ4v) is 3.65. The van der Waals surface area contributed by atoms with Crippen molar-refractivity contribution in [3.63, 3.8) is 0 Å². The van der Waals surface area contributed by atoms with Crippen LogP contribution in [-0.2, 0) is 19.6 Å². The third kappa shape index (κ3) is 5.71. The molecule has 0 radical (unpaired) electrons. The Hall–Kier alpha value is -4.11. The van der Waals surface area contributed by atoms with E-state index >= 15 is 0 Å². The zero-order valence-electron chi connectivity index (χ0n) is 16.5. The van der Waals surface area contributed by atoms with Crippen LogP contribution < -0.4 is 14.8 Å². The number of rotatable bonds is 9. The molecule has 162 valence electrons. The maximum atomic E-state index is 12.9. The van der Waals surface area contributed by atoms with Crippen LogP contribution in [0.3, 0.4) is 0 Å². The third-order valence-corrected chi connectivity index (χ3v) is 5.19. The molecular weight excluding hydrogens is 428 g/mol. The molecule has 0 amide bonds. The van der Waals surface area contributed by atoms with E-state index in [9.17, 15) is 23.3 Å². The number of hydrogen-bond donors (Lipinski definition) is 2. The van der Waals surface area contributed by atoms with Crippen LogP contribution in [0.15, 0.2) is 59.1 Å². The predicted molar refractivity (Wildman–Crippen MR) is 111 cm³/mol. The van der Waals surface area contributed by atoms with Crippen molar-refractivity contribution in [1.82, 2.24) is 0 Å². The lowest BCUT2D eigenvalue weighted by Crippen LogP contribution is -2.15. The van der Waals surface area contributed by atoms with E-state index in [0.29, 0.717) is 0 Å². The lowest BCUT2D eigenvalue weighted by molar-refractivity contribution is -0.385. The second kappa shape index (κ2) is 10.1. The fourth-order valence-electron chi connectivity index (χ4n) is 2.38. The van der Waals surface area contributed by atoms with Gasteiger partial charge in [0.1, 0.15) is 16.7 Å². The molecule has 2 N–H and O–H groups in total. The summed E-state index contributed by atoms with van der Waals surface area (Å²) in [6.07, 6.45) is 1.08. The molecule has 2 aromatic rings. The van der Waals surface area contributed by atoms with Crippen LogP contribution in [0.5, 0.6) is 5.75 Å². The molecule has 0 aromatic heterocycles. The van der Waals surface area contributed by atoms with Crippen molar-refractivity contribution in [2.45, 2.75) is 11.8 Å². The number of methoxy groups -OCH3 is 1. The van der Waals surface area contributed by atoms with Gasteiger partial charge in [0.2, 0.25) is 0 Å². The average molecular weight is 446 g/mol. The van der Waals surface area contributed by atoms with Gasteiger partial charge in [-0.2, -0.15) is 5.26 Å². The molecule has 0 fully saturated rings. The van der Waals surface area contributed by atoms with Crippen LogP contribution in [0, 0.1) is 21.4 Å². The zero-order chi connectivity index (χ0) is 23.0. The maximum absolute atomic E-state index is 12.9. The van der Waals surface area contributed by atoms with Gasteiger partial charge < -0.3 is 14.8 Å². The van der Waals surface area contributed by atoms with Crippen molar-refractivity contribution in [1.29, 1.82) is 5.26 Å². The first-order chi connectivity index (χ1) is 14.7. The number of nitrogens with zero attached hydrogens (tertiary/aromatic N) is 2. The lowest BCUT2D eigenvalue weighted by atomic mass is 10.2. The van der Waals surface area contributed by atoms with Gasteiger partial charge in [-0.25, -0.2) is 13.2 Å². The highest BCUT2D eigenvalue weighted by atomic mass is 32.2. The molecule has 0 spiro atoms. The molecule has 0 bridgehead atoms. The van der Waals surface area contributed by atoms with Gasteiger partial charge >= 0.3 is 5.97 Å².